The van der Waals surface area contributed by atoms with E-state index in [0.717, 1.165) is 30.7 Å². The van der Waals surface area contributed by atoms with Crippen LogP contribution in [0.5, 0.6) is 0 Å². The maximum Gasteiger partial charge on any atom is 0.224 e. The number of thioether (sulfide) groups is 1. The molecular weight excluding hydrogens is 308 g/mol. The van der Waals surface area contributed by atoms with E-state index in [1.54, 1.807) is 0 Å². The van der Waals surface area contributed by atoms with Gasteiger partial charge < -0.3 is 5.73 Å². The highest BCUT2D eigenvalue weighted by Crippen LogP contribution is 2.35. The van der Waals surface area contributed by atoms with E-state index in [-0.39, 0.29) is 11.7 Å². The Bertz CT molecular complexity index is 698. The summed E-state index contributed by atoms with van der Waals surface area (Å²) in [5.41, 5.74) is 7.71. The van der Waals surface area contributed by atoms with Gasteiger partial charge in [0.05, 0.1) is 5.75 Å². The van der Waals surface area contributed by atoms with Crippen molar-refractivity contribution in [2.24, 2.45) is 0 Å². The molecule has 3 rings (SSSR count). The van der Waals surface area contributed by atoms with Gasteiger partial charge in [-0.25, -0.2) is 4.98 Å². The minimum Gasteiger partial charge on any atom is -0.368 e. The normalized spacial score (nSPS) is 14.5. The first-order valence-electron chi connectivity index (χ1n) is 7.92. The van der Waals surface area contributed by atoms with E-state index in [1.165, 1.54) is 23.7 Å². The van der Waals surface area contributed by atoms with Crippen molar-refractivity contribution in [2.75, 3.05) is 11.5 Å². The smallest absolute Gasteiger partial charge is 0.224 e. The molecule has 1 fully saturated rings. The first kappa shape index (κ1) is 15.9. The molecule has 6 heteroatoms. The molecule has 1 aliphatic rings. The van der Waals surface area contributed by atoms with Gasteiger partial charge in [0.2, 0.25) is 5.95 Å². The van der Waals surface area contributed by atoms with E-state index in [9.17, 15) is 4.79 Å². The van der Waals surface area contributed by atoms with Crippen LogP contribution in [0, 0.1) is 0 Å². The van der Waals surface area contributed by atoms with Crippen LogP contribution in [0.2, 0.25) is 0 Å². The van der Waals surface area contributed by atoms with Crippen LogP contribution in [0.15, 0.2) is 29.4 Å². The highest BCUT2D eigenvalue weighted by atomic mass is 32.2. The number of Topliss-reactive ketones (excluding diaryl/α,β-unsaturated/α-hetero) is 1. The van der Waals surface area contributed by atoms with E-state index in [4.69, 9.17) is 5.73 Å². The number of carbonyl (C=O) groups excluding carboxylic acids is 1. The molecule has 5 nitrogen and oxygen atoms in total. The standard InChI is InChI=1S/C17H20N4OS/c1-2-11-6-8-12(9-7-11)14(22)10-23-17-20-15(13-4-3-5-13)19-16(18)21-17/h6-9,13H,2-5,10H2,1H3,(H2,18,19,20,21). The van der Waals surface area contributed by atoms with Crippen LogP contribution in [-0.2, 0) is 6.42 Å². The van der Waals surface area contributed by atoms with E-state index >= 15 is 0 Å². The third-order valence-electron chi connectivity index (χ3n) is 4.14. The highest BCUT2D eigenvalue weighted by Gasteiger charge is 2.23. The van der Waals surface area contributed by atoms with Gasteiger partial charge in [0.25, 0.3) is 0 Å². The number of nitrogens with two attached hydrogens (primary N) is 1. The summed E-state index contributed by atoms with van der Waals surface area (Å²) in [4.78, 5) is 25.1. The molecule has 1 aromatic carbocycles. The summed E-state index contributed by atoms with van der Waals surface area (Å²) in [5, 5.41) is 0.540. The van der Waals surface area contributed by atoms with Crippen LogP contribution in [-0.4, -0.2) is 26.5 Å². The molecule has 0 amide bonds. The van der Waals surface area contributed by atoms with Gasteiger partial charge in [0.15, 0.2) is 10.9 Å². The Morgan fingerprint density at radius 2 is 1.96 bits per heavy atom. The third kappa shape index (κ3) is 3.88. The summed E-state index contributed by atoms with van der Waals surface area (Å²) in [5.74, 6) is 1.79. The molecular formula is C17H20N4OS. The van der Waals surface area contributed by atoms with Gasteiger partial charge in [-0.2, -0.15) is 9.97 Å². The van der Waals surface area contributed by atoms with Crippen LogP contribution < -0.4 is 5.73 Å². The Balaban J connectivity index is 1.64. The predicted octanol–water partition coefficient (Wildman–Crippen LogP) is 3.26. The maximum absolute atomic E-state index is 12.3. The van der Waals surface area contributed by atoms with Gasteiger partial charge in [0, 0.05) is 11.5 Å². The van der Waals surface area contributed by atoms with Gasteiger partial charge in [-0.1, -0.05) is 49.4 Å². The number of hydrogen-bond acceptors (Lipinski definition) is 6. The Kier molecular flexibility index (Phi) is 4.91. The van der Waals surface area contributed by atoms with Crippen LogP contribution in [0.3, 0.4) is 0 Å². The SMILES string of the molecule is CCc1ccc(C(=O)CSc2nc(N)nc(C3CCC3)n2)cc1. The van der Waals surface area contributed by atoms with Crippen molar-refractivity contribution in [1.82, 2.24) is 15.0 Å². The highest BCUT2D eigenvalue weighted by molar-refractivity contribution is 7.99. The van der Waals surface area contributed by atoms with Crippen molar-refractivity contribution in [1.29, 1.82) is 0 Å². The van der Waals surface area contributed by atoms with Gasteiger partial charge >= 0.3 is 0 Å². The summed E-state index contributed by atoms with van der Waals surface area (Å²) in [7, 11) is 0. The van der Waals surface area contributed by atoms with Crippen molar-refractivity contribution < 1.29 is 4.79 Å². The van der Waals surface area contributed by atoms with Crippen LogP contribution in [0.1, 0.15) is 53.8 Å². The molecule has 1 heterocycles. The molecule has 1 saturated carbocycles. The second-order valence-electron chi connectivity index (χ2n) is 5.72. The molecule has 0 aliphatic heterocycles. The molecule has 0 spiro atoms. The lowest BCUT2D eigenvalue weighted by molar-refractivity contribution is 0.102. The maximum atomic E-state index is 12.3. The number of rotatable bonds is 6. The van der Waals surface area contributed by atoms with Gasteiger partial charge in [-0.05, 0) is 24.8 Å². The molecule has 0 radical (unpaired) electrons. The molecule has 0 atom stereocenters. The number of nitrogens with zero attached hydrogens (tertiary/aromatic N) is 3. The van der Waals surface area contributed by atoms with Crippen LogP contribution in [0.25, 0.3) is 0 Å². The van der Waals surface area contributed by atoms with Crippen molar-refractivity contribution in [3.05, 3.63) is 41.2 Å². The second kappa shape index (κ2) is 7.08. The molecule has 1 aliphatic carbocycles. The zero-order chi connectivity index (χ0) is 16.2. The molecule has 0 unspecified atom stereocenters. The average Bonchev–Trinajstić information content (AvgIpc) is 2.50. The number of carbonyl (C=O) groups is 1. The second-order valence-corrected chi connectivity index (χ2v) is 6.67. The number of aromatic nitrogens is 3. The molecule has 1 aromatic heterocycles. The summed E-state index contributed by atoms with van der Waals surface area (Å²) in [6.07, 6.45) is 4.40. The minimum absolute atomic E-state index is 0.0711. The molecule has 0 bridgehead atoms. The molecule has 2 N–H and O–H groups in total. The molecule has 120 valence electrons. The fourth-order valence-corrected chi connectivity index (χ4v) is 3.18. The van der Waals surface area contributed by atoms with Gasteiger partial charge in [0.1, 0.15) is 5.82 Å². The van der Waals surface area contributed by atoms with Gasteiger partial charge in [-0.3, -0.25) is 4.79 Å². The largest absolute Gasteiger partial charge is 0.368 e. The van der Waals surface area contributed by atoms with Crippen molar-refractivity contribution in [3.63, 3.8) is 0 Å². The number of hydrogen-bond donors (Lipinski definition) is 1. The van der Waals surface area contributed by atoms with E-state index in [0.29, 0.717) is 16.8 Å². The van der Waals surface area contributed by atoms with Gasteiger partial charge in [-0.15, -0.1) is 0 Å². The summed E-state index contributed by atoms with van der Waals surface area (Å²) >= 11 is 1.32. The fraction of sp³-hybridized carbons (Fsp3) is 0.412. The van der Waals surface area contributed by atoms with E-state index < -0.39 is 0 Å². The lowest BCUT2D eigenvalue weighted by atomic mass is 9.85. The molecule has 23 heavy (non-hydrogen) atoms. The Morgan fingerprint density at radius 3 is 2.57 bits per heavy atom. The Labute approximate surface area is 140 Å². The molecule has 0 saturated heterocycles. The predicted molar refractivity (Wildman–Crippen MR) is 91.7 cm³/mol. The zero-order valence-corrected chi connectivity index (χ0v) is 14.0. The number of benzene rings is 1. The van der Waals surface area contributed by atoms with Crippen molar-refractivity contribution >= 4 is 23.5 Å². The summed E-state index contributed by atoms with van der Waals surface area (Å²) in [6.45, 7) is 2.09. The summed E-state index contributed by atoms with van der Waals surface area (Å²) < 4.78 is 0. The summed E-state index contributed by atoms with van der Waals surface area (Å²) in [6, 6.07) is 7.74. The number of anilines is 1. The lowest BCUT2D eigenvalue weighted by Gasteiger charge is -2.23. The Hall–Kier alpha value is -1.95. The Morgan fingerprint density at radius 1 is 1.22 bits per heavy atom. The van der Waals surface area contributed by atoms with E-state index in [1.807, 2.05) is 24.3 Å². The topological polar surface area (TPSA) is 81.8 Å². The molecule has 2 aromatic rings. The average molecular weight is 328 g/mol. The number of aryl methyl sites for hydroxylation is 1. The quantitative estimate of drug-likeness (QED) is 0.647. The monoisotopic (exact) mass is 328 g/mol. The third-order valence-corrected chi connectivity index (χ3v) is 4.98. The van der Waals surface area contributed by atoms with Crippen molar-refractivity contribution in [3.8, 4) is 0 Å². The first-order valence-corrected chi connectivity index (χ1v) is 8.90. The van der Waals surface area contributed by atoms with Crippen LogP contribution in [0.4, 0.5) is 5.95 Å². The lowest BCUT2D eigenvalue weighted by Crippen LogP contribution is -2.15. The zero-order valence-electron chi connectivity index (χ0n) is 13.2. The van der Waals surface area contributed by atoms with Crippen molar-refractivity contribution in [2.45, 2.75) is 43.7 Å². The first-order chi connectivity index (χ1) is 11.2. The fourth-order valence-electron chi connectivity index (χ4n) is 2.44. The van der Waals surface area contributed by atoms with E-state index in [2.05, 4.69) is 21.9 Å². The number of nitrogen functional groups attached to an aromatic ring is 1. The number of ketones is 1. The van der Waals surface area contributed by atoms with Crippen LogP contribution >= 0.6 is 11.8 Å². The minimum atomic E-state index is 0.0711.